The highest BCUT2D eigenvalue weighted by atomic mass is 16.7. The molecule has 3 rings (SSSR count). The van der Waals surface area contributed by atoms with Gasteiger partial charge in [-0.1, -0.05) is 30.3 Å². The van der Waals surface area contributed by atoms with E-state index in [1.807, 2.05) is 30.3 Å². The fourth-order valence-corrected chi connectivity index (χ4v) is 3.46. The molecule has 0 aromatic heterocycles. The Kier molecular flexibility index (Phi) is 6.25. The highest BCUT2D eigenvalue weighted by Gasteiger charge is 2.47. The maximum absolute atomic E-state index is 12.7. The van der Waals surface area contributed by atoms with Crippen molar-refractivity contribution in [2.45, 2.75) is 44.9 Å². The van der Waals surface area contributed by atoms with Gasteiger partial charge in [-0.15, -0.1) is 0 Å². The van der Waals surface area contributed by atoms with Crippen molar-refractivity contribution >= 4 is 23.7 Å². The van der Waals surface area contributed by atoms with Crippen molar-refractivity contribution in [1.29, 1.82) is 5.41 Å². The van der Waals surface area contributed by atoms with Crippen LogP contribution >= 0.6 is 0 Å². The SMILES string of the molecule is CC(=O)NCCC(=O)NC(=N)[C@@H]1CC[C@@H]2CN1C(=O)N2OCc1ccccc1. The summed E-state index contributed by atoms with van der Waals surface area (Å²) in [7, 11) is 0. The highest BCUT2D eigenvalue weighted by Crippen LogP contribution is 2.30. The van der Waals surface area contributed by atoms with Crippen LogP contribution in [0.2, 0.25) is 0 Å². The van der Waals surface area contributed by atoms with Crippen LogP contribution in [-0.4, -0.2) is 58.8 Å². The van der Waals surface area contributed by atoms with E-state index < -0.39 is 6.04 Å². The molecule has 0 radical (unpaired) electrons. The summed E-state index contributed by atoms with van der Waals surface area (Å²) in [5.41, 5.74) is 0.975. The van der Waals surface area contributed by atoms with Gasteiger partial charge in [-0.2, -0.15) is 5.06 Å². The molecule has 28 heavy (non-hydrogen) atoms. The number of hydrogen-bond donors (Lipinski definition) is 3. The predicted octanol–water partition coefficient (Wildman–Crippen LogP) is 1.01. The lowest BCUT2D eigenvalue weighted by atomic mass is 10.00. The first-order valence-electron chi connectivity index (χ1n) is 9.35. The summed E-state index contributed by atoms with van der Waals surface area (Å²) in [6.07, 6.45) is 1.37. The molecular weight excluding hydrogens is 362 g/mol. The van der Waals surface area contributed by atoms with Crippen molar-refractivity contribution in [1.82, 2.24) is 20.6 Å². The van der Waals surface area contributed by atoms with E-state index in [9.17, 15) is 14.4 Å². The van der Waals surface area contributed by atoms with Gasteiger partial charge in [0.15, 0.2) is 0 Å². The molecule has 150 valence electrons. The molecule has 1 aromatic carbocycles. The molecular formula is C19H25N5O4. The smallest absolute Gasteiger partial charge is 0.344 e. The van der Waals surface area contributed by atoms with Crippen molar-refractivity contribution in [2.24, 2.45) is 0 Å². The maximum atomic E-state index is 12.7. The summed E-state index contributed by atoms with van der Waals surface area (Å²) in [4.78, 5) is 42.8. The Morgan fingerprint density at radius 2 is 2.00 bits per heavy atom. The van der Waals surface area contributed by atoms with Gasteiger partial charge in [-0.3, -0.25) is 19.8 Å². The summed E-state index contributed by atoms with van der Waals surface area (Å²) >= 11 is 0. The number of carbonyl (C=O) groups is 3. The van der Waals surface area contributed by atoms with Gasteiger partial charge in [-0.05, 0) is 18.4 Å². The monoisotopic (exact) mass is 387 g/mol. The van der Waals surface area contributed by atoms with E-state index in [4.69, 9.17) is 10.2 Å². The van der Waals surface area contributed by atoms with E-state index >= 15 is 0 Å². The van der Waals surface area contributed by atoms with Gasteiger partial charge in [0.25, 0.3) is 0 Å². The van der Waals surface area contributed by atoms with E-state index in [0.717, 1.165) is 5.56 Å². The van der Waals surface area contributed by atoms with Crippen LogP contribution in [0.4, 0.5) is 4.79 Å². The zero-order chi connectivity index (χ0) is 20.1. The summed E-state index contributed by atoms with van der Waals surface area (Å²) < 4.78 is 0. The molecule has 1 aromatic rings. The number of urea groups is 1. The first kappa shape index (κ1) is 19.8. The molecule has 4 amide bonds. The fraction of sp³-hybridized carbons (Fsp3) is 0.474. The number of fused-ring (bicyclic) bond motifs is 2. The fourth-order valence-electron chi connectivity index (χ4n) is 3.46. The van der Waals surface area contributed by atoms with Crippen LogP contribution in [0.3, 0.4) is 0 Å². The lowest BCUT2D eigenvalue weighted by Crippen LogP contribution is -2.51. The summed E-state index contributed by atoms with van der Waals surface area (Å²) in [5, 5.41) is 14.7. The molecule has 2 heterocycles. The molecule has 2 aliphatic heterocycles. The van der Waals surface area contributed by atoms with E-state index in [1.165, 1.54) is 12.0 Å². The lowest BCUT2D eigenvalue weighted by molar-refractivity contribution is -0.140. The number of benzene rings is 1. The normalized spacial score (nSPS) is 20.8. The van der Waals surface area contributed by atoms with Crippen molar-refractivity contribution < 1.29 is 19.2 Å². The quantitative estimate of drug-likeness (QED) is 0.478. The molecule has 9 nitrogen and oxygen atoms in total. The minimum absolute atomic E-state index is 0.00420. The Hall–Kier alpha value is -2.94. The number of carbonyl (C=O) groups excluding carboxylic acids is 3. The van der Waals surface area contributed by atoms with Crippen LogP contribution in [0.5, 0.6) is 0 Å². The number of rotatable bonds is 7. The van der Waals surface area contributed by atoms with E-state index in [2.05, 4.69) is 10.6 Å². The van der Waals surface area contributed by atoms with Crippen LogP contribution in [0.15, 0.2) is 30.3 Å². The molecule has 2 atom stereocenters. The molecule has 2 aliphatic rings. The predicted molar refractivity (Wildman–Crippen MR) is 101 cm³/mol. The maximum Gasteiger partial charge on any atom is 0.344 e. The standard InChI is InChI=1S/C19H25N5O4/c1-13(25)21-10-9-17(26)22-18(20)16-8-7-15-11-23(16)19(27)24(15)28-12-14-5-3-2-4-6-14/h2-6,15-16H,7-12H2,1H3,(H,21,25)(H2,20,22,26)/t15-,16+/m1/s1. The lowest BCUT2D eigenvalue weighted by Gasteiger charge is -2.30. The highest BCUT2D eigenvalue weighted by molar-refractivity contribution is 6.01. The molecule has 0 spiro atoms. The van der Waals surface area contributed by atoms with Gasteiger partial charge in [-0.25, -0.2) is 4.79 Å². The van der Waals surface area contributed by atoms with Crippen molar-refractivity contribution in [3.63, 3.8) is 0 Å². The molecule has 0 aliphatic carbocycles. The number of amidine groups is 1. The van der Waals surface area contributed by atoms with Crippen molar-refractivity contribution in [3.8, 4) is 0 Å². The molecule has 0 unspecified atom stereocenters. The second-order valence-corrected chi connectivity index (χ2v) is 6.96. The third-order valence-electron chi connectivity index (χ3n) is 4.87. The summed E-state index contributed by atoms with van der Waals surface area (Å²) in [5.74, 6) is -0.561. The minimum atomic E-state index is -0.473. The topological polar surface area (TPSA) is 115 Å². The third kappa shape index (κ3) is 4.66. The Balaban J connectivity index is 1.52. The van der Waals surface area contributed by atoms with Crippen molar-refractivity contribution in [2.75, 3.05) is 13.1 Å². The molecule has 9 heteroatoms. The number of hydroxylamine groups is 2. The Labute approximate surface area is 163 Å². The number of nitrogens with one attached hydrogen (secondary N) is 3. The molecule has 2 saturated heterocycles. The second kappa shape index (κ2) is 8.83. The zero-order valence-corrected chi connectivity index (χ0v) is 15.8. The molecule has 2 bridgehead atoms. The first-order chi connectivity index (χ1) is 13.5. The van der Waals surface area contributed by atoms with Gasteiger partial charge in [0, 0.05) is 26.4 Å². The van der Waals surface area contributed by atoms with Crippen LogP contribution in [0.25, 0.3) is 0 Å². The van der Waals surface area contributed by atoms with Gasteiger partial charge in [0.05, 0.1) is 12.1 Å². The minimum Gasteiger partial charge on any atom is -0.356 e. The third-order valence-corrected chi connectivity index (χ3v) is 4.87. The van der Waals surface area contributed by atoms with Gasteiger partial charge in [0.2, 0.25) is 11.8 Å². The largest absolute Gasteiger partial charge is 0.356 e. The molecule has 0 saturated carbocycles. The Bertz CT molecular complexity index is 754. The van der Waals surface area contributed by atoms with Crippen LogP contribution in [0, 0.1) is 5.41 Å². The summed E-state index contributed by atoms with van der Waals surface area (Å²) in [6, 6.07) is 8.82. The van der Waals surface area contributed by atoms with Crippen LogP contribution in [0.1, 0.15) is 31.7 Å². The Morgan fingerprint density at radius 3 is 2.71 bits per heavy atom. The number of piperidine rings is 1. The first-order valence-corrected chi connectivity index (χ1v) is 9.35. The Morgan fingerprint density at radius 1 is 1.25 bits per heavy atom. The van der Waals surface area contributed by atoms with Gasteiger partial charge < -0.3 is 15.5 Å². The molecule has 3 N–H and O–H groups in total. The van der Waals surface area contributed by atoms with E-state index in [-0.39, 0.29) is 42.7 Å². The second-order valence-electron chi connectivity index (χ2n) is 6.96. The zero-order valence-electron chi connectivity index (χ0n) is 15.8. The van der Waals surface area contributed by atoms with E-state index in [0.29, 0.717) is 26.0 Å². The van der Waals surface area contributed by atoms with E-state index in [1.54, 1.807) is 4.90 Å². The number of hydrogen-bond acceptors (Lipinski definition) is 5. The van der Waals surface area contributed by atoms with Crippen LogP contribution in [-0.2, 0) is 21.0 Å². The average Bonchev–Trinajstić information content (AvgIpc) is 2.90. The van der Waals surface area contributed by atoms with Crippen LogP contribution < -0.4 is 10.6 Å². The number of amides is 4. The van der Waals surface area contributed by atoms with Gasteiger partial charge >= 0.3 is 6.03 Å². The number of nitrogens with zero attached hydrogens (tertiary/aromatic N) is 2. The molecule has 2 fully saturated rings. The average molecular weight is 387 g/mol. The van der Waals surface area contributed by atoms with Crippen molar-refractivity contribution in [3.05, 3.63) is 35.9 Å². The van der Waals surface area contributed by atoms with Gasteiger partial charge in [0.1, 0.15) is 12.4 Å². The summed E-state index contributed by atoms with van der Waals surface area (Å²) in [6.45, 7) is 2.37.